The minimum Gasteiger partial charge on any atom is -0.480 e. The third-order valence-electron chi connectivity index (χ3n) is 20.5. The number of carboxylic acid groups (broad SMARTS) is 1. The van der Waals surface area contributed by atoms with E-state index in [0.717, 1.165) is 153 Å². The van der Waals surface area contributed by atoms with Gasteiger partial charge in [-0.25, -0.2) is 19.2 Å². The summed E-state index contributed by atoms with van der Waals surface area (Å²) in [7, 11) is 2.76. The monoisotopic (exact) mass is 1270 g/mol. The lowest BCUT2D eigenvalue weighted by Gasteiger charge is -2.46. The van der Waals surface area contributed by atoms with Crippen LogP contribution in [-0.4, -0.2) is 164 Å². The van der Waals surface area contributed by atoms with Gasteiger partial charge in [0.2, 0.25) is 29.5 Å². The molecule has 6 aliphatic heterocycles. The summed E-state index contributed by atoms with van der Waals surface area (Å²) >= 11 is 0. The summed E-state index contributed by atoms with van der Waals surface area (Å²) in [6, 6.07) is 18.7. The fourth-order valence-corrected chi connectivity index (χ4v) is 14.9. The van der Waals surface area contributed by atoms with E-state index in [1.54, 1.807) is 11.8 Å². The Labute approximate surface area is 534 Å². The van der Waals surface area contributed by atoms with Crippen molar-refractivity contribution in [1.82, 2.24) is 41.3 Å². The number of carboxylic acids is 1. The molecule has 6 heterocycles. The number of ether oxygens (including phenoxy) is 4. The van der Waals surface area contributed by atoms with Crippen molar-refractivity contribution in [2.24, 2.45) is 0 Å². The SMILES string of the molecule is COC(=O)[C@]1(C)CCCN1.COC(=O)[C@]1(C)CCCN1C(=O)C1(NC(=O)OCc2ccccc2)CCCC1.C[C@@]12CCCN1C(=O)C1(CCCC1)NC2=O.C[C@@]12CCCN1C(=O)C1(CCCC1)NC2=O.Cl.O=C(NC1(C(=O)O)CCCC1)OCc1ccccc1. The summed E-state index contributed by atoms with van der Waals surface area (Å²) in [5, 5.41) is 23.7. The summed E-state index contributed by atoms with van der Waals surface area (Å²) in [5.74, 6) is -1.30. The number of carbonyl (C=O) groups is 10. The smallest absolute Gasteiger partial charge is 0.408 e. The number of nitrogens with zero attached hydrogens (tertiary/aromatic N) is 3. The van der Waals surface area contributed by atoms with Gasteiger partial charge in [0.05, 0.1) is 14.2 Å². The molecule has 0 unspecified atom stereocenters. The number of hydrogen-bond donors (Lipinski definition) is 6. The fourth-order valence-electron chi connectivity index (χ4n) is 14.9. The normalized spacial score (nSPS) is 27.4. The number of halogens is 1. The highest BCUT2D eigenvalue weighted by atomic mass is 35.5. The zero-order chi connectivity index (χ0) is 64.3. The van der Waals surface area contributed by atoms with E-state index in [1.165, 1.54) is 14.2 Å². The number of amides is 7. The third kappa shape index (κ3) is 14.8. The number of benzene rings is 2. The maximum Gasteiger partial charge on any atom is 0.408 e. The Bertz CT molecular complexity index is 2840. The first-order valence-corrected chi connectivity index (χ1v) is 32.1. The van der Waals surface area contributed by atoms with Gasteiger partial charge in [-0.1, -0.05) is 112 Å². The van der Waals surface area contributed by atoms with Crippen LogP contribution in [0.15, 0.2) is 60.7 Å². The molecule has 90 heavy (non-hydrogen) atoms. The van der Waals surface area contributed by atoms with E-state index >= 15 is 0 Å². The van der Waals surface area contributed by atoms with Crippen molar-refractivity contribution in [2.75, 3.05) is 40.4 Å². The molecule has 6 saturated heterocycles. The summed E-state index contributed by atoms with van der Waals surface area (Å²) in [6.45, 7) is 10.6. The van der Waals surface area contributed by atoms with Crippen LogP contribution in [-0.2, 0) is 70.5 Å². The number of piperazine rings is 2. The molecular weight excluding hydrogens is 1180 g/mol. The molecule has 10 fully saturated rings. The standard InChI is InChI=1S/C21H28N2O5.C14H17NO4.2C12H18N2O2.C7H13NO2.ClH/c1-20(18(25)27-2)11-8-14-23(20)17(24)21(12-6-7-13-21)22-19(26)28-15-16-9-4-3-5-10-16;16-12(17)14(8-4-5-9-14)15-13(18)19-10-11-6-2-1-3-7-11;2*1-11-5-4-8-14(11)10(16)12(13-9(11)15)6-2-3-7-12;1-7(6(9)10-2)4-3-5-8-7;/h3-5,9-10H,6-8,11-15H2,1-2H3,(H,22,26);1-3,6-7H,4-5,8-10H2,(H,15,18)(H,16,17);2*2-8H2,1H3,(H,13,15);8H,3-5H2,1-2H3;1H/t20-;;2*11-;7-;/m0.000./s1. The lowest BCUT2D eigenvalue weighted by atomic mass is 9.85. The first-order valence-electron chi connectivity index (χ1n) is 32.1. The number of likely N-dealkylation sites (tertiary alicyclic amines) is 1. The van der Waals surface area contributed by atoms with Crippen molar-refractivity contribution < 1.29 is 72.0 Å². The zero-order valence-electron chi connectivity index (χ0n) is 53.4. The number of aliphatic carboxylic acids is 1. The number of carbonyl (C=O) groups excluding carboxylic acids is 9. The molecule has 4 aliphatic carbocycles. The average molecular weight is 1280 g/mol. The van der Waals surface area contributed by atoms with Crippen molar-refractivity contribution in [2.45, 2.75) is 239 Å². The summed E-state index contributed by atoms with van der Waals surface area (Å²) in [4.78, 5) is 127. The third-order valence-corrected chi connectivity index (χ3v) is 20.5. The molecule has 2 aromatic carbocycles. The largest absolute Gasteiger partial charge is 0.480 e. The number of hydrogen-bond acceptors (Lipinski definition) is 15. The van der Waals surface area contributed by atoms with E-state index in [2.05, 4.69) is 31.3 Å². The highest BCUT2D eigenvalue weighted by Crippen LogP contribution is 2.44. The fraction of sp³-hybridized carbons (Fsp3) is 0.667. The highest BCUT2D eigenvalue weighted by Gasteiger charge is 2.60. The van der Waals surface area contributed by atoms with Gasteiger partial charge in [-0.2, -0.15) is 0 Å². The van der Waals surface area contributed by atoms with Crippen LogP contribution in [0.4, 0.5) is 9.59 Å². The van der Waals surface area contributed by atoms with E-state index < -0.39 is 68.4 Å². The van der Waals surface area contributed by atoms with Gasteiger partial charge in [-0.3, -0.25) is 28.8 Å². The molecule has 0 aromatic heterocycles. The molecule has 4 atom stereocenters. The van der Waals surface area contributed by atoms with Crippen molar-refractivity contribution in [1.29, 1.82) is 0 Å². The molecule has 0 bridgehead atoms. The van der Waals surface area contributed by atoms with Crippen LogP contribution in [0.2, 0.25) is 0 Å². The van der Waals surface area contributed by atoms with E-state index in [9.17, 15) is 53.1 Å². The molecule has 6 N–H and O–H groups in total. The molecule has 2 spiro atoms. The number of nitrogens with one attached hydrogen (secondary N) is 5. The predicted octanol–water partition coefficient (Wildman–Crippen LogP) is 7.43. The molecule has 24 heteroatoms. The average Bonchev–Trinajstić information content (AvgIpc) is 1.51. The van der Waals surface area contributed by atoms with Crippen LogP contribution in [0, 0.1) is 0 Å². The van der Waals surface area contributed by atoms with Crippen LogP contribution in [0.1, 0.15) is 193 Å². The Morgan fingerprint density at radius 1 is 0.500 bits per heavy atom. The van der Waals surface area contributed by atoms with Crippen molar-refractivity contribution in [3.8, 4) is 0 Å². The summed E-state index contributed by atoms with van der Waals surface area (Å²) in [6.07, 6.45) is 18.3. The first-order chi connectivity index (χ1) is 42.4. The summed E-state index contributed by atoms with van der Waals surface area (Å²) < 4.78 is 20.0. The quantitative estimate of drug-likeness (QED) is 0.0995. The Morgan fingerprint density at radius 3 is 1.30 bits per heavy atom. The maximum absolute atomic E-state index is 13.5. The Kier molecular flexibility index (Phi) is 23.1. The zero-order valence-corrected chi connectivity index (χ0v) is 54.2. The molecular formula is C66H95ClN8O15. The minimum absolute atomic E-state index is 0. The second-order valence-electron chi connectivity index (χ2n) is 26.6. The van der Waals surface area contributed by atoms with Gasteiger partial charge in [0.25, 0.3) is 0 Å². The lowest BCUT2D eigenvalue weighted by molar-refractivity contribution is -0.160. The minimum atomic E-state index is -1.15. The van der Waals surface area contributed by atoms with E-state index in [0.29, 0.717) is 38.6 Å². The molecule has 2 aromatic rings. The van der Waals surface area contributed by atoms with Crippen LogP contribution in [0.3, 0.4) is 0 Å². The van der Waals surface area contributed by atoms with E-state index in [1.807, 2.05) is 91.2 Å². The molecule has 10 aliphatic rings. The van der Waals surface area contributed by atoms with Gasteiger partial charge >= 0.3 is 30.1 Å². The molecule has 4 saturated carbocycles. The van der Waals surface area contributed by atoms with Crippen molar-refractivity contribution >= 4 is 72.0 Å². The second-order valence-corrected chi connectivity index (χ2v) is 26.6. The van der Waals surface area contributed by atoms with Gasteiger partial charge in [0.1, 0.15) is 57.5 Å². The van der Waals surface area contributed by atoms with Gasteiger partial charge in [0, 0.05) is 19.6 Å². The molecule has 12 rings (SSSR count). The van der Waals surface area contributed by atoms with Gasteiger partial charge in [-0.15, -0.1) is 12.4 Å². The van der Waals surface area contributed by atoms with Crippen molar-refractivity contribution in [3.05, 3.63) is 71.8 Å². The van der Waals surface area contributed by atoms with Crippen LogP contribution >= 0.6 is 12.4 Å². The number of alkyl carbamates (subject to hydrolysis) is 2. The van der Waals surface area contributed by atoms with Gasteiger partial charge in [0.15, 0.2) is 0 Å². The van der Waals surface area contributed by atoms with E-state index in [4.69, 9.17) is 14.2 Å². The van der Waals surface area contributed by atoms with Crippen LogP contribution < -0.4 is 26.6 Å². The number of fused-ring (bicyclic) bond motifs is 2. The number of esters is 2. The molecule has 0 radical (unpaired) electrons. The molecule has 7 amide bonds. The Hall–Kier alpha value is -7.01. The lowest BCUT2D eigenvalue weighted by Crippen LogP contribution is -2.72. The van der Waals surface area contributed by atoms with E-state index in [-0.39, 0.29) is 61.1 Å². The second kappa shape index (κ2) is 29.5. The first kappa shape index (κ1) is 70.4. The van der Waals surface area contributed by atoms with Crippen molar-refractivity contribution in [3.63, 3.8) is 0 Å². The summed E-state index contributed by atoms with van der Waals surface area (Å²) in [5.41, 5.74) is -4.03. The highest BCUT2D eigenvalue weighted by molar-refractivity contribution is 6.04. The Morgan fingerprint density at radius 2 is 0.900 bits per heavy atom. The number of rotatable bonds is 10. The van der Waals surface area contributed by atoms with Crippen LogP contribution in [0.25, 0.3) is 0 Å². The van der Waals surface area contributed by atoms with Crippen LogP contribution in [0.5, 0.6) is 0 Å². The topological polar surface area (TPSA) is 298 Å². The van der Waals surface area contributed by atoms with Gasteiger partial charge < -0.3 is 65.3 Å². The number of methoxy groups -OCH3 is 2. The predicted molar refractivity (Wildman–Crippen MR) is 333 cm³/mol. The molecule has 496 valence electrons. The maximum atomic E-state index is 13.5. The Balaban J connectivity index is 0.000000165. The molecule has 23 nitrogen and oxygen atoms in total. The van der Waals surface area contributed by atoms with Gasteiger partial charge in [-0.05, 0) is 148 Å².